The van der Waals surface area contributed by atoms with Gasteiger partial charge in [0.05, 0.1) is 22.3 Å². The Morgan fingerprint density at radius 2 is 1.83 bits per heavy atom. The zero-order valence-electron chi connectivity index (χ0n) is 16.2. The summed E-state index contributed by atoms with van der Waals surface area (Å²) < 4.78 is 29.1. The van der Waals surface area contributed by atoms with Gasteiger partial charge in [-0.1, -0.05) is 43.0 Å². The van der Waals surface area contributed by atoms with E-state index < -0.39 is 15.8 Å². The van der Waals surface area contributed by atoms with Crippen LogP contribution in [0.25, 0.3) is 0 Å². The van der Waals surface area contributed by atoms with E-state index in [2.05, 4.69) is 0 Å². The summed E-state index contributed by atoms with van der Waals surface area (Å²) in [6, 6.07) is 6.93. The number of carbonyl (C=O) groups excluding carboxylic acids is 2. The number of esters is 1. The lowest BCUT2D eigenvalue weighted by molar-refractivity contribution is -0.152. The molecule has 2 fully saturated rings. The van der Waals surface area contributed by atoms with Gasteiger partial charge in [0.25, 0.3) is 5.91 Å². The van der Waals surface area contributed by atoms with Crippen LogP contribution in [0.3, 0.4) is 0 Å². The monoisotopic (exact) mass is 459 g/mol. The number of sulfone groups is 1. The third-order valence-corrected chi connectivity index (χ3v) is 8.64. The number of nitrogens with zero attached hydrogens (tertiary/aromatic N) is 1. The first-order chi connectivity index (χ1) is 13.9. The number of carbonyl (C=O) groups is 2. The Balaban J connectivity index is 1.56. The van der Waals surface area contributed by atoms with Gasteiger partial charge in [0, 0.05) is 17.0 Å². The van der Waals surface area contributed by atoms with Crippen LogP contribution in [-0.2, 0) is 24.2 Å². The van der Waals surface area contributed by atoms with Crippen LogP contribution in [0, 0.1) is 0 Å². The largest absolute Gasteiger partial charge is 0.455 e. The van der Waals surface area contributed by atoms with Crippen LogP contribution < -0.4 is 0 Å². The second kappa shape index (κ2) is 10.2. The van der Waals surface area contributed by atoms with Crippen molar-refractivity contribution in [2.45, 2.75) is 55.5 Å². The van der Waals surface area contributed by atoms with Gasteiger partial charge in [0.2, 0.25) is 0 Å². The first-order valence-corrected chi connectivity index (χ1v) is 13.1. The number of ether oxygens (including phenoxy) is 1. The molecule has 160 valence electrons. The molecule has 0 N–H and O–H groups in total. The summed E-state index contributed by atoms with van der Waals surface area (Å²) in [6.07, 6.45) is 5.40. The summed E-state index contributed by atoms with van der Waals surface area (Å²) in [7, 11) is -3.10. The molecule has 1 unspecified atom stereocenters. The molecule has 1 amide bonds. The second-order valence-corrected chi connectivity index (χ2v) is 11.2. The zero-order valence-corrected chi connectivity index (χ0v) is 18.6. The van der Waals surface area contributed by atoms with Crippen molar-refractivity contribution in [1.29, 1.82) is 0 Å². The molecule has 0 bridgehead atoms. The third kappa shape index (κ3) is 6.36. The third-order valence-electron chi connectivity index (χ3n) is 5.40. The molecule has 3 rings (SSSR count). The average molecular weight is 460 g/mol. The maximum absolute atomic E-state index is 12.9. The van der Waals surface area contributed by atoms with Crippen LogP contribution in [0.2, 0.25) is 5.02 Å². The number of rotatable bonds is 7. The number of halogens is 1. The zero-order chi connectivity index (χ0) is 20.9. The molecular weight excluding hydrogens is 434 g/mol. The molecule has 1 saturated carbocycles. The van der Waals surface area contributed by atoms with E-state index in [0.717, 1.165) is 37.0 Å². The normalized spacial score (nSPS) is 21.6. The van der Waals surface area contributed by atoms with E-state index in [4.69, 9.17) is 16.3 Å². The van der Waals surface area contributed by atoms with Gasteiger partial charge in [-0.15, -0.1) is 11.8 Å². The summed E-state index contributed by atoms with van der Waals surface area (Å²) in [5, 5.41) is 0.562. The lowest BCUT2D eigenvalue weighted by Gasteiger charge is -2.38. The number of thioether (sulfide) groups is 1. The highest BCUT2D eigenvalue weighted by atomic mass is 35.5. The van der Waals surface area contributed by atoms with Gasteiger partial charge in [-0.05, 0) is 31.4 Å². The molecule has 1 heterocycles. The maximum atomic E-state index is 12.9. The van der Waals surface area contributed by atoms with Gasteiger partial charge in [0.15, 0.2) is 16.4 Å². The first kappa shape index (κ1) is 22.4. The highest BCUT2D eigenvalue weighted by Gasteiger charge is 2.38. The van der Waals surface area contributed by atoms with Crippen LogP contribution in [0.5, 0.6) is 0 Å². The molecule has 1 aromatic carbocycles. The molecule has 1 aromatic rings. The molecule has 0 radical (unpaired) electrons. The van der Waals surface area contributed by atoms with Gasteiger partial charge in [-0.3, -0.25) is 9.59 Å². The molecule has 9 heteroatoms. The van der Waals surface area contributed by atoms with Gasteiger partial charge < -0.3 is 9.64 Å². The predicted octanol–water partition coefficient (Wildman–Crippen LogP) is 3.32. The number of benzene rings is 1. The molecule has 2 aliphatic rings. The molecule has 29 heavy (non-hydrogen) atoms. The van der Waals surface area contributed by atoms with Gasteiger partial charge in [-0.25, -0.2) is 8.42 Å². The lowest BCUT2D eigenvalue weighted by atomic mass is 9.93. The van der Waals surface area contributed by atoms with E-state index in [-0.39, 0.29) is 41.9 Å². The minimum atomic E-state index is -3.10. The van der Waals surface area contributed by atoms with Crippen LogP contribution >= 0.6 is 23.4 Å². The Morgan fingerprint density at radius 3 is 2.48 bits per heavy atom. The van der Waals surface area contributed by atoms with E-state index in [0.29, 0.717) is 11.4 Å². The van der Waals surface area contributed by atoms with E-state index in [1.807, 2.05) is 18.2 Å². The Labute approximate surface area is 181 Å². The molecule has 1 atom stereocenters. The van der Waals surface area contributed by atoms with Crippen molar-refractivity contribution < 1.29 is 22.7 Å². The minimum absolute atomic E-state index is 0.00550. The van der Waals surface area contributed by atoms with Crippen LogP contribution in [0.15, 0.2) is 29.2 Å². The molecular formula is C20H26ClNO5S2. The van der Waals surface area contributed by atoms with E-state index in [1.165, 1.54) is 11.8 Å². The molecule has 1 aliphatic heterocycles. The van der Waals surface area contributed by atoms with Crippen molar-refractivity contribution in [2.24, 2.45) is 0 Å². The summed E-state index contributed by atoms with van der Waals surface area (Å²) >= 11 is 7.33. The van der Waals surface area contributed by atoms with Crippen LogP contribution in [0.4, 0.5) is 0 Å². The number of hydrogen-bond acceptors (Lipinski definition) is 6. The summed E-state index contributed by atoms with van der Waals surface area (Å²) in [5.41, 5.74) is 0. The Kier molecular flexibility index (Phi) is 7.87. The van der Waals surface area contributed by atoms with Gasteiger partial charge >= 0.3 is 5.97 Å². The van der Waals surface area contributed by atoms with Crippen molar-refractivity contribution in [3.63, 3.8) is 0 Å². The molecule has 1 aliphatic carbocycles. The number of amides is 1. The van der Waals surface area contributed by atoms with Crippen molar-refractivity contribution in [3.8, 4) is 0 Å². The fourth-order valence-electron chi connectivity index (χ4n) is 4.02. The Morgan fingerprint density at radius 1 is 1.10 bits per heavy atom. The van der Waals surface area contributed by atoms with Crippen molar-refractivity contribution in [2.75, 3.05) is 23.9 Å². The predicted molar refractivity (Wildman–Crippen MR) is 114 cm³/mol. The van der Waals surface area contributed by atoms with Crippen LogP contribution in [-0.4, -0.2) is 61.1 Å². The quantitative estimate of drug-likeness (QED) is 0.459. The smallest absolute Gasteiger partial charge is 0.316 e. The topological polar surface area (TPSA) is 80.8 Å². The standard InChI is InChI=1S/C20H26ClNO5S2/c21-17-8-4-5-9-18(17)28-13-20(24)27-12-19(23)22(15-6-2-1-3-7-15)16-10-11-29(25,26)14-16/h4-5,8-9,15-16H,1-3,6-7,10-14H2. The van der Waals surface area contributed by atoms with E-state index >= 15 is 0 Å². The van der Waals surface area contributed by atoms with Crippen molar-refractivity contribution in [3.05, 3.63) is 29.3 Å². The maximum Gasteiger partial charge on any atom is 0.316 e. The first-order valence-electron chi connectivity index (χ1n) is 9.90. The molecule has 6 nitrogen and oxygen atoms in total. The van der Waals surface area contributed by atoms with Crippen LogP contribution in [0.1, 0.15) is 38.5 Å². The van der Waals surface area contributed by atoms with Gasteiger partial charge in [-0.2, -0.15) is 0 Å². The SMILES string of the molecule is O=C(CSc1ccccc1Cl)OCC(=O)N(C1CCCCC1)C1CCS(=O)(=O)C1. The van der Waals surface area contributed by atoms with Crippen molar-refractivity contribution in [1.82, 2.24) is 4.90 Å². The molecule has 1 saturated heterocycles. The highest BCUT2D eigenvalue weighted by molar-refractivity contribution is 8.00. The minimum Gasteiger partial charge on any atom is -0.455 e. The summed E-state index contributed by atoms with van der Waals surface area (Å²) in [5.74, 6) is -0.618. The highest BCUT2D eigenvalue weighted by Crippen LogP contribution is 2.29. The Bertz CT molecular complexity index is 839. The average Bonchev–Trinajstić information content (AvgIpc) is 3.06. The summed E-state index contributed by atoms with van der Waals surface area (Å²) in [4.78, 5) is 27.5. The number of hydrogen-bond donors (Lipinski definition) is 0. The fourth-order valence-corrected chi connectivity index (χ4v) is 6.76. The Hall–Kier alpha value is -1.25. The van der Waals surface area contributed by atoms with Crippen molar-refractivity contribution >= 4 is 45.1 Å². The summed E-state index contributed by atoms with van der Waals surface area (Å²) in [6.45, 7) is -0.352. The molecule has 0 aromatic heterocycles. The molecule has 0 spiro atoms. The van der Waals surface area contributed by atoms with E-state index in [1.54, 1.807) is 11.0 Å². The van der Waals surface area contributed by atoms with Gasteiger partial charge in [0.1, 0.15) is 0 Å². The fraction of sp³-hybridized carbons (Fsp3) is 0.600. The lowest BCUT2D eigenvalue weighted by Crippen LogP contribution is -2.50. The van der Waals surface area contributed by atoms with E-state index in [9.17, 15) is 18.0 Å². The second-order valence-electron chi connectivity index (χ2n) is 7.53.